The Morgan fingerprint density at radius 1 is 1.03 bits per heavy atom. The topological polar surface area (TPSA) is 91.2 Å². The number of nitrogens with zero attached hydrogens (tertiary/aromatic N) is 2. The molecule has 2 N–H and O–H groups in total. The molecule has 1 amide bonds. The Morgan fingerprint density at radius 2 is 1.68 bits per heavy atom. The van der Waals surface area contributed by atoms with Crippen molar-refractivity contribution in [3.63, 3.8) is 0 Å². The molecule has 200 valence electrons. The lowest BCUT2D eigenvalue weighted by atomic mass is 9.51. The third kappa shape index (κ3) is 4.21. The molecule has 4 saturated carbocycles. The van der Waals surface area contributed by atoms with Crippen LogP contribution in [0.4, 0.5) is 4.79 Å². The number of ether oxygens (including phenoxy) is 1. The third-order valence-electron chi connectivity index (χ3n) is 9.52. The molecule has 5 aliphatic rings. The van der Waals surface area contributed by atoms with E-state index in [1.807, 2.05) is 6.07 Å². The van der Waals surface area contributed by atoms with Gasteiger partial charge in [-0.15, -0.1) is 0 Å². The van der Waals surface area contributed by atoms with Crippen LogP contribution in [0.25, 0.3) is 0 Å². The van der Waals surface area contributed by atoms with Crippen LogP contribution in [0.5, 0.6) is 0 Å². The van der Waals surface area contributed by atoms with Crippen LogP contribution in [-0.2, 0) is 9.53 Å². The second-order valence-corrected chi connectivity index (χ2v) is 12.4. The van der Waals surface area contributed by atoms with Gasteiger partial charge in [-0.2, -0.15) is 0 Å². The number of aliphatic imine (C=N–C) groups is 1. The van der Waals surface area contributed by atoms with Crippen molar-refractivity contribution < 1.29 is 19.4 Å². The average Bonchev–Trinajstić information content (AvgIpc) is 3.03. The molecule has 3 atom stereocenters. The van der Waals surface area contributed by atoms with Crippen LogP contribution >= 0.6 is 0 Å². The summed E-state index contributed by atoms with van der Waals surface area (Å²) in [5.41, 5.74) is 3.37. The molecule has 4 aliphatic carbocycles. The van der Waals surface area contributed by atoms with Gasteiger partial charge in [-0.05, 0) is 76.2 Å². The minimum Gasteiger partial charge on any atom is -0.480 e. The number of alkyl carbamates (subject to hydrolysis) is 1. The molecule has 4 bridgehead atoms. The zero-order valence-corrected chi connectivity index (χ0v) is 22.4. The number of rotatable bonds is 5. The van der Waals surface area contributed by atoms with Gasteiger partial charge < -0.3 is 15.2 Å². The zero-order chi connectivity index (χ0) is 26.7. The predicted octanol–water partition coefficient (Wildman–Crippen LogP) is 5.39. The van der Waals surface area contributed by atoms with Gasteiger partial charge in [0.25, 0.3) is 0 Å². The van der Waals surface area contributed by atoms with E-state index < -0.39 is 17.6 Å². The quantitative estimate of drug-likeness (QED) is 0.557. The monoisotopic (exact) mass is 515 g/mol. The van der Waals surface area contributed by atoms with E-state index in [-0.39, 0.29) is 29.5 Å². The Bertz CT molecular complexity index is 1260. The molecule has 7 nitrogen and oxygen atoms in total. The summed E-state index contributed by atoms with van der Waals surface area (Å²) in [7, 11) is 0. The lowest BCUT2D eigenvalue weighted by Gasteiger charge is -2.63. The fraction of sp³-hybridized carbons (Fsp3) is 0.516. The summed E-state index contributed by atoms with van der Waals surface area (Å²) < 4.78 is 5.97. The van der Waals surface area contributed by atoms with Crippen LogP contribution in [-0.4, -0.2) is 51.6 Å². The Hall–Kier alpha value is -3.19. The van der Waals surface area contributed by atoms with Crippen LogP contribution in [0, 0.1) is 17.8 Å². The number of amides is 1. The minimum atomic E-state index is -1.37. The van der Waals surface area contributed by atoms with Gasteiger partial charge in [-0.25, -0.2) is 9.59 Å². The number of hydrogen-bond acceptors (Lipinski definition) is 5. The fourth-order valence-electron chi connectivity index (χ4n) is 7.94. The highest BCUT2D eigenvalue weighted by molar-refractivity contribution is 6.14. The number of carboxylic acids is 1. The van der Waals surface area contributed by atoms with E-state index in [0.29, 0.717) is 12.6 Å². The number of hydrogen-bond donors (Lipinski definition) is 2. The Kier molecular flexibility index (Phi) is 6.10. The SMILES string of the molecule is CC1c2ccccc2C(c2ccccc2)=NCN1C12CC3CC(C1)C(OC(=O)NC(C)(C)C(=O)O)C(C3)C2. The van der Waals surface area contributed by atoms with Crippen LogP contribution in [0.3, 0.4) is 0 Å². The lowest BCUT2D eigenvalue weighted by Crippen LogP contribution is -2.65. The van der Waals surface area contributed by atoms with Crippen molar-refractivity contribution in [2.45, 2.75) is 76.1 Å². The van der Waals surface area contributed by atoms with Crippen LogP contribution in [0.15, 0.2) is 59.6 Å². The number of carbonyl (C=O) groups is 2. The van der Waals surface area contributed by atoms with Crippen molar-refractivity contribution >= 4 is 17.8 Å². The van der Waals surface area contributed by atoms with Crippen molar-refractivity contribution in [1.82, 2.24) is 10.2 Å². The first kappa shape index (κ1) is 25.1. The van der Waals surface area contributed by atoms with Gasteiger partial charge in [-0.3, -0.25) is 9.89 Å². The van der Waals surface area contributed by atoms with Gasteiger partial charge in [0.05, 0.1) is 12.4 Å². The molecule has 7 heteroatoms. The van der Waals surface area contributed by atoms with Gasteiger partial charge in [-0.1, -0.05) is 54.6 Å². The molecule has 1 heterocycles. The van der Waals surface area contributed by atoms with Crippen LogP contribution in [0.1, 0.15) is 75.6 Å². The number of fused-ring (bicyclic) bond motifs is 1. The van der Waals surface area contributed by atoms with Gasteiger partial charge >= 0.3 is 12.1 Å². The van der Waals surface area contributed by atoms with Crippen molar-refractivity contribution in [1.29, 1.82) is 0 Å². The molecule has 0 spiro atoms. The van der Waals surface area contributed by atoms with Crippen LogP contribution < -0.4 is 5.32 Å². The molecule has 0 saturated heterocycles. The summed E-state index contributed by atoms with van der Waals surface area (Å²) in [6.07, 6.45) is 4.45. The number of benzene rings is 2. The molecule has 7 rings (SSSR count). The molecule has 0 radical (unpaired) electrons. The molecule has 2 aromatic carbocycles. The molecular formula is C31H37N3O4. The molecule has 38 heavy (non-hydrogen) atoms. The van der Waals surface area contributed by atoms with Crippen molar-refractivity contribution in [3.05, 3.63) is 71.3 Å². The van der Waals surface area contributed by atoms with Gasteiger partial charge in [0.2, 0.25) is 0 Å². The molecular weight excluding hydrogens is 478 g/mol. The summed E-state index contributed by atoms with van der Waals surface area (Å²) in [6.45, 7) is 5.91. The van der Waals surface area contributed by atoms with Gasteiger partial charge in [0.15, 0.2) is 0 Å². The second-order valence-electron chi connectivity index (χ2n) is 12.4. The molecule has 0 aromatic heterocycles. The smallest absolute Gasteiger partial charge is 0.408 e. The van der Waals surface area contributed by atoms with Crippen molar-refractivity contribution in [2.75, 3.05) is 6.67 Å². The zero-order valence-electron chi connectivity index (χ0n) is 22.4. The Balaban J connectivity index is 1.28. The molecule has 2 aromatic rings. The number of aliphatic carboxylic acids is 1. The Morgan fingerprint density at radius 3 is 2.37 bits per heavy atom. The van der Waals surface area contributed by atoms with Crippen molar-refractivity contribution in [3.8, 4) is 0 Å². The minimum absolute atomic E-state index is 0.0232. The fourth-order valence-corrected chi connectivity index (χ4v) is 7.94. The normalized spacial score (nSPS) is 32.2. The first-order valence-corrected chi connectivity index (χ1v) is 13.8. The lowest BCUT2D eigenvalue weighted by molar-refractivity contribution is -0.159. The summed E-state index contributed by atoms with van der Waals surface area (Å²) in [5.74, 6) is 0.102. The van der Waals surface area contributed by atoms with E-state index in [1.165, 1.54) is 25.0 Å². The van der Waals surface area contributed by atoms with E-state index in [9.17, 15) is 14.7 Å². The standard InChI is InChI=1S/C31H37N3O4/c1-19-24-11-7-8-12-25(24)26(21-9-5-4-6-10-21)32-18-34(19)31-15-20-13-22(16-31)27(23(14-20)17-31)38-29(37)33-30(2,3)28(35)36/h4-12,19-20,22-23,27H,13-18H2,1-3H3,(H,33,37)(H,35,36). The first-order chi connectivity index (χ1) is 18.2. The van der Waals surface area contributed by atoms with E-state index in [1.54, 1.807) is 0 Å². The largest absolute Gasteiger partial charge is 0.480 e. The number of carboxylic acid groups (broad SMARTS) is 1. The van der Waals surface area contributed by atoms with E-state index >= 15 is 0 Å². The summed E-state index contributed by atoms with van der Waals surface area (Å²) in [4.78, 5) is 32.1. The number of carbonyl (C=O) groups excluding carboxylic acids is 1. The highest BCUT2D eigenvalue weighted by Crippen LogP contribution is 2.60. The second kappa shape index (κ2) is 9.23. The van der Waals surface area contributed by atoms with E-state index in [2.05, 4.69) is 65.7 Å². The van der Waals surface area contributed by atoms with E-state index in [4.69, 9.17) is 9.73 Å². The maximum absolute atomic E-state index is 12.7. The van der Waals surface area contributed by atoms with E-state index in [0.717, 1.165) is 43.4 Å². The first-order valence-electron chi connectivity index (χ1n) is 13.8. The van der Waals surface area contributed by atoms with Gasteiger partial charge in [0.1, 0.15) is 11.6 Å². The summed E-state index contributed by atoms with van der Waals surface area (Å²) in [5, 5.41) is 11.9. The molecule has 1 aliphatic heterocycles. The number of nitrogens with one attached hydrogen (secondary N) is 1. The average molecular weight is 516 g/mol. The van der Waals surface area contributed by atoms with Crippen LogP contribution in [0.2, 0.25) is 0 Å². The highest BCUT2D eigenvalue weighted by Gasteiger charge is 2.59. The van der Waals surface area contributed by atoms with Gasteiger partial charge in [0, 0.05) is 22.7 Å². The molecule has 3 unspecified atom stereocenters. The predicted molar refractivity (Wildman–Crippen MR) is 145 cm³/mol. The maximum atomic E-state index is 12.7. The summed E-state index contributed by atoms with van der Waals surface area (Å²) in [6, 6.07) is 19.3. The third-order valence-corrected chi connectivity index (χ3v) is 9.52. The Labute approximate surface area is 224 Å². The molecule has 4 fully saturated rings. The van der Waals surface area contributed by atoms with Crippen molar-refractivity contribution in [2.24, 2.45) is 22.7 Å². The summed E-state index contributed by atoms with van der Waals surface area (Å²) >= 11 is 0. The highest BCUT2D eigenvalue weighted by atomic mass is 16.6. The maximum Gasteiger partial charge on any atom is 0.408 e.